The molecule has 0 atom stereocenters. The van der Waals surface area contributed by atoms with Crippen LogP contribution in [0.4, 0.5) is 0 Å². The van der Waals surface area contributed by atoms with Crippen LogP contribution in [0.3, 0.4) is 0 Å². The van der Waals surface area contributed by atoms with Crippen LogP contribution in [0.25, 0.3) is 10.9 Å². The van der Waals surface area contributed by atoms with E-state index in [1.807, 2.05) is 11.0 Å². The van der Waals surface area contributed by atoms with E-state index in [4.69, 9.17) is 0 Å². The molecule has 2 amide bonds. The molecule has 2 aliphatic heterocycles. The molecule has 0 spiro atoms. The Morgan fingerprint density at radius 3 is 2.43 bits per heavy atom. The number of benzene rings is 1. The molecular weight excluding hydrogens is 448 g/mol. The highest BCUT2D eigenvalue weighted by molar-refractivity contribution is 9.10. The number of hydrogen-bond donors (Lipinski definition) is 0. The van der Waals surface area contributed by atoms with Crippen molar-refractivity contribution in [2.24, 2.45) is 11.8 Å². The largest absolute Gasteiger partial charge is 0.342 e. The topological polar surface area (TPSA) is 75.5 Å². The van der Waals surface area contributed by atoms with Gasteiger partial charge in [0.1, 0.15) is 6.54 Å². The highest BCUT2D eigenvalue weighted by Crippen LogP contribution is 2.24. The monoisotopic (exact) mass is 474 g/mol. The fourth-order valence-electron chi connectivity index (χ4n) is 4.35. The highest BCUT2D eigenvalue weighted by atomic mass is 79.9. The van der Waals surface area contributed by atoms with Crippen molar-refractivity contribution >= 4 is 38.6 Å². The van der Waals surface area contributed by atoms with Gasteiger partial charge in [-0.25, -0.2) is 4.98 Å². The molecule has 0 N–H and O–H groups in total. The van der Waals surface area contributed by atoms with Crippen molar-refractivity contribution in [1.82, 2.24) is 19.4 Å². The van der Waals surface area contributed by atoms with E-state index < -0.39 is 0 Å². The molecule has 2 saturated heterocycles. The van der Waals surface area contributed by atoms with Crippen molar-refractivity contribution in [3.63, 3.8) is 0 Å². The Morgan fingerprint density at radius 2 is 1.73 bits per heavy atom. The van der Waals surface area contributed by atoms with Crippen LogP contribution in [0.1, 0.15) is 32.6 Å². The summed E-state index contributed by atoms with van der Waals surface area (Å²) in [6.45, 7) is 5.03. The lowest BCUT2D eigenvalue weighted by Gasteiger charge is -2.36. The molecule has 4 rings (SSSR count). The second-order valence-corrected chi connectivity index (χ2v) is 9.42. The van der Waals surface area contributed by atoms with E-state index in [1.165, 1.54) is 10.9 Å². The summed E-state index contributed by atoms with van der Waals surface area (Å²) in [5, 5.41) is 0.486. The Hall–Kier alpha value is -2.22. The molecule has 1 aromatic carbocycles. The first kappa shape index (κ1) is 21.0. The molecule has 0 saturated carbocycles. The van der Waals surface area contributed by atoms with Gasteiger partial charge in [0, 0.05) is 36.6 Å². The minimum absolute atomic E-state index is 0.00450. The quantitative estimate of drug-likeness (QED) is 0.684. The first-order chi connectivity index (χ1) is 14.4. The molecular formula is C22H27BrN4O3. The van der Waals surface area contributed by atoms with Gasteiger partial charge in [-0.15, -0.1) is 0 Å². The van der Waals surface area contributed by atoms with Gasteiger partial charge in [-0.2, -0.15) is 0 Å². The average molecular weight is 475 g/mol. The summed E-state index contributed by atoms with van der Waals surface area (Å²) >= 11 is 3.37. The summed E-state index contributed by atoms with van der Waals surface area (Å²) in [7, 11) is 0. The molecule has 2 aliphatic rings. The summed E-state index contributed by atoms with van der Waals surface area (Å²) in [6, 6.07) is 5.34. The smallest absolute Gasteiger partial charge is 0.261 e. The molecule has 0 radical (unpaired) electrons. The third-order valence-corrected chi connectivity index (χ3v) is 6.88. The molecule has 7 nitrogen and oxygen atoms in total. The molecule has 0 bridgehead atoms. The van der Waals surface area contributed by atoms with Gasteiger partial charge in [0.05, 0.1) is 17.2 Å². The Labute approximate surface area is 184 Å². The Bertz CT molecular complexity index is 1010. The minimum atomic E-state index is -0.223. The van der Waals surface area contributed by atoms with Crippen LogP contribution in [-0.2, 0) is 16.1 Å². The average Bonchev–Trinajstić information content (AvgIpc) is 2.76. The Morgan fingerprint density at radius 1 is 1.07 bits per heavy atom. The zero-order chi connectivity index (χ0) is 21.3. The number of carbonyl (C=O) groups is 2. The zero-order valence-corrected chi connectivity index (χ0v) is 18.8. The third-order valence-electron chi connectivity index (χ3n) is 6.38. The SMILES string of the molecule is CC1CCN(C(=O)C2CCN(C(=O)Cn3cnc4ccc(Br)cc4c3=O)CC2)CC1. The van der Waals surface area contributed by atoms with Crippen LogP contribution in [-0.4, -0.2) is 57.3 Å². The molecule has 0 unspecified atom stereocenters. The summed E-state index contributed by atoms with van der Waals surface area (Å²) < 4.78 is 2.16. The maximum atomic E-state index is 12.8. The Kier molecular flexibility index (Phi) is 6.22. The molecule has 3 heterocycles. The van der Waals surface area contributed by atoms with E-state index in [9.17, 15) is 14.4 Å². The number of halogens is 1. The highest BCUT2D eigenvalue weighted by Gasteiger charge is 2.31. The van der Waals surface area contributed by atoms with Crippen molar-refractivity contribution in [2.45, 2.75) is 39.2 Å². The van der Waals surface area contributed by atoms with Crippen molar-refractivity contribution in [1.29, 1.82) is 0 Å². The standard InChI is InChI=1S/C22H27BrN4O3/c1-15-4-8-26(9-5-15)21(29)16-6-10-25(11-7-16)20(28)13-27-14-24-19-3-2-17(23)12-18(19)22(27)30/h2-3,12,14-16H,4-11,13H2,1H3. The van der Waals surface area contributed by atoms with Crippen LogP contribution < -0.4 is 5.56 Å². The number of amides is 2. The van der Waals surface area contributed by atoms with Gasteiger partial charge in [0.2, 0.25) is 11.8 Å². The third kappa shape index (κ3) is 4.43. The minimum Gasteiger partial charge on any atom is -0.342 e. The number of aromatic nitrogens is 2. The molecule has 8 heteroatoms. The summed E-state index contributed by atoms with van der Waals surface area (Å²) in [5.74, 6) is 0.841. The van der Waals surface area contributed by atoms with Crippen LogP contribution in [0, 0.1) is 11.8 Å². The lowest BCUT2D eigenvalue weighted by atomic mass is 9.92. The molecule has 30 heavy (non-hydrogen) atoms. The normalized spacial score (nSPS) is 18.7. The van der Waals surface area contributed by atoms with Gasteiger partial charge in [-0.1, -0.05) is 22.9 Å². The Balaban J connectivity index is 1.36. The molecule has 160 valence electrons. The van der Waals surface area contributed by atoms with Gasteiger partial charge in [-0.05, 0) is 49.8 Å². The van der Waals surface area contributed by atoms with Gasteiger partial charge in [0.25, 0.3) is 5.56 Å². The number of rotatable bonds is 3. The molecule has 2 fully saturated rings. The summed E-state index contributed by atoms with van der Waals surface area (Å²) in [5.41, 5.74) is 0.386. The fourth-order valence-corrected chi connectivity index (χ4v) is 4.71. The van der Waals surface area contributed by atoms with Crippen LogP contribution >= 0.6 is 15.9 Å². The molecule has 0 aliphatic carbocycles. The summed E-state index contributed by atoms with van der Waals surface area (Å²) in [4.78, 5) is 46.3. The number of likely N-dealkylation sites (tertiary alicyclic amines) is 2. The van der Waals surface area contributed by atoms with Crippen molar-refractivity contribution in [2.75, 3.05) is 26.2 Å². The maximum absolute atomic E-state index is 12.8. The van der Waals surface area contributed by atoms with E-state index in [0.717, 1.165) is 30.4 Å². The predicted octanol–water partition coefficient (Wildman–Crippen LogP) is 2.66. The lowest BCUT2D eigenvalue weighted by molar-refractivity contribution is -0.142. The molecule has 1 aromatic heterocycles. The van der Waals surface area contributed by atoms with Gasteiger partial charge in [-0.3, -0.25) is 19.0 Å². The first-order valence-corrected chi connectivity index (χ1v) is 11.4. The number of hydrogen-bond acceptors (Lipinski definition) is 4. The van der Waals surface area contributed by atoms with E-state index in [2.05, 4.69) is 27.8 Å². The predicted molar refractivity (Wildman–Crippen MR) is 118 cm³/mol. The van der Waals surface area contributed by atoms with Crippen LogP contribution in [0.2, 0.25) is 0 Å². The summed E-state index contributed by atoms with van der Waals surface area (Å²) in [6.07, 6.45) is 4.97. The van der Waals surface area contributed by atoms with E-state index in [-0.39, 0.29) is 29.8 Å². The fraction of sp³-hybridized carbons (Fsp3) is 0.545. The van der Waals surface area contributed by atoms with Gasteiger partial charge >= 0.3 is 0 Å². The van der Waals surface area contributed by atoms with Gasteiger partial charge in [0.15, 0.2) is 0 Å². The van der Waals surface area contributed by atoms with Crippen molar-refractivity contribution < 1.29 is 9.59 Å². The number of carbonyl (C=O) groups excluding carboxylic acids is 2. The van der Waals surface area contributed by atoms with Crippen molar-refractivity contribution in [3.05, 3.63) is 39.4 Å². The number of nitrogens with zero attached hydrogens (tertiary/aromatic N) is 4. The van der Waals surface area contributed by atoms with E-state index >= 15 is 0 Å². The second kappa shape index (κ2) is 8.88. The van der Waals surface area contributed by atoms with Gasteiger partial charge < -0.3 is 9.80 Å². The maximum Gasteiger partial charge on any atom is 0.261 e. The number of piperidine rings is 2. The lowest BCUT2D eigenvalue weighted by Crippen LogP contribution is -2.47. The van der Waals surface area contributed by atoms with Crippen molar-refractivity contribution in [3.8, 4) is 0 Å². The second-order valence-electron chi connectivity index (χ2n) is 8.50. The van der Waals surface area contributed by atoms with E-state index in [0.29, 0.717) is 42.8 Å². The zero-order valence-electron chi connectivity index (χ0n) is 17.2. The van der Waals surface area contributed by atoms with Crippen LogP contribution in [0.5, 0.6) is 0 Å². The molecule has 2 aromatic rings. The first-order valence-electron chi connectivity index (χ1n) is 10.6. The number of fused-ring (bicyclic) bond motifs is 1. The van der Waals surface area contributed by atoms with Crippen LogP contribution in [0.15, 0.2) is 33.8 Å². The van der Waals surface area contributed by atoms with E-state index in [1.54, 1.807) is 17.0 Å².